The number of piperidine rings is 1. The highest BCUT2D eigenvalue weighted by Gasteiger charge is 2.27. The van der Waals surface area contributed by atoms with E-state index in [1.54, 1.807) is 0 Å². The quantitative estimate of drug-likeness (QED) is 0.608. The SMILES string of the molecule is CC1CCCC(C)N1CCOC1CCC(CC2CCCCC2)CC1. The van der Waals surface area contributed by atoms with E-state index < -0.39 is 0 Å². The monoisotopic (exact) mass is 335 g/mol. The van der Waals surface area contributed by atoms with Gasteiger partial charge >= 0.3 is 0 Å². The Bertz CT molecular complexity index is 334. The van der Waals surface area contributed by atoms with Gasteiger partial charge in [-0.05, 0) is 70.6 Å². The maximum absolute atomic E-state index is 6.28. The minimum Gasteiger partial charge on any atom is -0.377 e. The Hall–Kier alpha value is -0.0800. The highest BCUT2D eigenvalue weighted by Crippen LogP contribution is 2.36. The Kier molecular flexibility index (Phi) is 7.46. The summed E-state index contributed by atoms with van der Waals surface area (Å²) < 4.78 is 6.28. The summed E-state index contributed by atoms with van der Waals surface area (Å²) in [5, 5.41) is 0. The van der Waals surface area contributed by atoms with E-state index in [1.165, 1.54) is 83.5 Å². The second kappa shape index (κ2) is 9.57. The molecule has 0 aromatic heterocycles. The van der Waals surface area contributed by atoms with Gasteiger partial charge in [0, 0.05) is 18.6 Å². The van der Waals surface area contributed by atoms with Crippen molar-refractivity contribution >= 4 is 0 Å². The molecule has 0 amide bonds. The lowest BCUT2D eigenvalue weighted by molar-refractivity contribution is -0.0112. The molecule has 2 saturated carbocycles. The number of ether oxygens (including phenoxy) is 1. The van der Waals surface area contributed by atoms with Crippen molar-refractivity contribution in [3.63, 3.8) is 0 Å². The van der Waals surface area contributed by atoms with Crippen molar-refractivity contribution < 1.29 is 4.74 Å². The molecular weight excluding hydrogens is 294 g/mol. The van der Waals surface area contributed by atoms with Gasteiger partial charge < -0.3 is 4.74 Å². The summed E-state index contributed by atoms with van der Waals surface area (Å²) in [5.74, 6) is 2.07. The van der Waals surface area contributed by atoms with Gasteiger partial charge in [-0.15, -0.1) is 0 Å². The third-order valence-electron chi connectivity index (χ3n) is 7.26. The van der Waals surface area contributed by atoms with Crippen LogP contribution in [0, 0.1) is 11.8 Å². The molecule has 0 N–H and O–H groups in total. The predicted molar refractivity (Wildman–Crippen MR) is 102 cm³/mol. The lowest BCUT2D eigenvalue weighted by Gasteiger charge is -2.39. The van der Waals surface area contributed by atoms with Crippen molar-refractivity contribution in [2.45, 2.75) is 116 Å². The van der Waals surface area contributed by atoms with Gasteiger partial charge in [0.2, 0.25) is 0 Å². The Morgan fingerprint density at radius 2 is 1.33 bits per heavy atom. The normalized spacial score (nSPS) is 36.8. The van der Waals surface area contributed by atoms with Crippen LogP contribution in [0.15, 0.2) is 0 Å². The highest BCUT2D eigenvalue weighted by molar-refractivity contribution is 4.80. The molecule has 3 fully saturated rings. The second-order valence-corrected chi connectivity index (χ2v) is 9.12. The first-order valence-corrected chi connectivity index (χ1v) is 11.1. The molecule has 2 nitrogen and oxygen atoms in total. The molecule has 3 aliphatic rings. The molecule has 1 saturated heterocycles. The fourth-order valence-corrected chi connectivity index (χ4v) is 5.67. The largest absolute Gasteiger partial charge is 0.377 e. The van der Waals surface area contributed by atoms with Crippen molar-refractivity contribution in [2.75, 3.05) is 13.2 Å². The zero-order chi connectivity index (χ0) is 16.8. The summed E-state index contributed by atoms with van der Waals surface area (Å²) in [6, 6.07) is 1.51. The zero-order valence-corrected chi connectivity index (χ0v) is 16.3. The van der Waals surface area contributed by atoms with Gasteiger partial charge in [0.05, 0.1) is 12.7 Å². The van der Waals surface area contributed by atoms with Gasteiger partial charge in [-0.2, -0.15) is 0 Å². The van der Waals surface area contributed by atoms with Crippen LogP contribution in [0.1, 0.15) is 97.3 Å². The van der Waals surface area contributed by atoms with E-state index in [0.717, 1.165) is 37.1 Å². The van der Waals surface area contributed by atoms with Crippen molar-refractivity contribution in [1.82, 2.24) is 4.90 Å². The zero-order valence-electron chi connectivity index (χ0n) is 16.3. The minimum absolute atomic E-state index is 0.558. The molecule has 0 spiro atoms. The highest BCUT2D eigenvalue weighted by atomic mass is 16.5. The lowest BCUT2D eigenvalue weighted by Crippen LogP contribution is -2.45. The smallest absolute Gasteiger partial charge is 0.0597 e. The summed E-state index contributed by atoms with van der Waals surface area (Å²) in [5.41, 5.74) is 0. The van der Waals surface area contributed by atoms with Crippen LogP contribution < -0.4 is 0 Å². The molecule has 2 aliphatic carbocycles. The van der Waals surface area contributed by atoms with Gasteiger partial charge in [-0.3, -0.25) is 4.90 Å². The van der Waals surface area contributed by atoms with Gasteiger partial charge in [0.25, 0.3) is 0 Å². The molecule has 2 atom stereocenters. The predicted octanol–water partition coefficient (Wildman–Crippen LogP) is 5.80. The van der Waals surface area contributed by atoms with Crippen molar-refractivity contribution in [3.05, 3.63) is 0 Å². The molecule has 2 heteroatoms. The maximum Gasteiger partial charge on any atom is 0.0597 e. The van der Waals surface area contributed by atoms with E-state index in [2.05, 4.69) is 18.7 Å². The van der Waals surface area contributed by atoms with E-state index in [-0.39, 0.29) is 0 Å². The van der Waals surface area contributed by atoms with Crippen molar-refractivity contribution in [3.8, 4) is 0 Å². The summed E-state index contributed by atoms with van der Waals surface area (Å²) in [6.07, 6.45) is 19.3. The molecule has 1 aliphatic heterocycles. The summed E-state index contributed by atoms with van der Waals surface area (Å²) in [7, 11) is 0. The first kappa shape index (κ1) is 18.7. The molecule has 0 aromatic carbocycles. The van der Waals surface area contributed by atoms with Gasteiger partial charge in [0.1, 0.15) is 0 Å². The standard InChI is InChI=1S/C22H41NO/c1-18-7-6-8-19(2)23(18)15-16-24-22-13-11-21(12-14-22)17-20-9-4-3-5-10-20/h18-22H,3-17H2,1-2H3. The van der Waals surface area contributed by atoms with Crippen LogP contribution in [0.5, 0.6) is 0 Å². The fourth-order valence-electron chi connectivity index (χ4n) is 5.67. The average molecular weight is 336 g/mol. The fraction of sp³-hybridized carbons (Fsp3) is 1.00. The number of rotatable bonds is 6. The van der Waals surface area contributed by atoms with E-state index in [1.807, 2.05) is 0 Å². The molecule has 140 valence electrons. The Morgan fingerprint density at radius 3 is 2.00 bits per heavy atom. The van der Waals surface area contributed by atoms with Crippen LogP contribution in [0.3, 0.4) is 0 Å². The van der Waals surface area contributed by atoms with Crippen molar-refractivity contribution in [2.24, 2.45) is 11.8 Å². The number of nitrogens with zero attached hydrogens (tertiary/aromatic N) is 1. The minimum atomic E-state index is 0.558. The van der Waals surface area contributed by atoms with E-state index in [0.29, 0.717) is 6.10 Å². The maximum atomic E-state index is 6.28. The van der Waals surface area contributed by atoms with Gasteiger partial charge in [-0.25, -0.2) is 0 Å². The first-order chi connectivity index (χ1) is 11.7. The number of hydrogen-bond donors (Lipinski definition) is 0. The molecule has 3 rings (SSSR count). The lowest BCUT2D eigenvalue weighted by atomic mass is 9.77. The second-order valence-electron chi connectivity index (χ2n) is 9.12. The van der Waals surface area contributed by atoms with Crippen LogP contribution >= 0.6 is 0 Å². The molecule has 0 aromatic rings. The number of hydrogen-bond acceptors (Lipinski definition) is 2. The Balaban J connectivity index is 1.29. The first-order valence-electron chi connectivity index (χ1n) is 11.1. The third kappa shape index (κ3) is 5.46. The third-order valence-corrected chi connectivity index (χ3v) is 7.26. The van der Waals surface area contributed by atoms with Crippen LogP contribution in [0.25, 0.3) is 0 Å². The average Bonchev–Trinajstić information content (AvgIpc) is 2.60. The molecule has 0 bridgehead atoms. The number of likely N-dealkylation sites (tertiary alicyclic amines) is 1. The molecule has 2 unspecified atom stereocenters. The van der Waals surface area contributed by atoms with Crippen LogP contribution in [-0.2, 0) is 4.74 Å². The van der Waals surface area contributed by atoms with E-state index in [4.69, 9.17) is 4.74 Å². The van der Waals surface area contributed by atoms with Gasteiger partial charge in [0.15, 0.2) is 0 Å². The van der Waals surface area contributed by atoms with Crippen molar-refractivity contribution in [1.29, 1.82) is 0 Å². The summed E-state index contributed by atoms with van der Waals surface area (Å²) in [6.45, 7) is 6.88. The summed E-state index contributed by atoms with van der Waals surface area (Å²) >= 11 is 0. The van der Waals surface area contributed by atoms with E-state index in [9.17, 15) is 0 Å². The van der Waals surface area contributed by atoms with Gasteiger partial charge in [-0.1, -0.05) is 38.5 Å². The molecule has 0 radical (unpaired) electrons. The molecule has 24 heavy (non-hydrogen) atoms. The van der Waals surface area contributed by atoms with Crippen LogP contribution in [0.2, 0.25) is 0 Å². The van der Waals surface area contributed by atoms with Crippen LogP contribution in [0.4, 0.5) is 0 Å². The Morgan fingerprint density at radius 1 is 0.708 bits per heavy atom. The summed E-state index contributed by atoms with van der Waals surface area (Å²) in [4.78, 5) is 2.68. The molecular formula is C22H41NO. The Labute approximate surface area is 150 Å². The molecule has 1 heterocycles. The van der Waals surface area contributed by atoms with E-state index >= 15 is 0 Å². The van der Waals surface area contributed by atoms with Crippen LogP contribution in [-0.4, -0.2) is 36.2 Å². The topological polar surface area (TPSA) is 12.5 Å².